The highest BCUT2D eigenvalue weighted by Crippen LogP contribution is 2.37. The summed E-state index contributed by atoms with van der Waals surface area (Å²) in [6, 6.07) is 20.5. The van der Waals surface area contributed by atoms with Crippen LogP contribution >= 0.6 is 11.6 Å². The molecule has 1 aliphatic heterocycles. The van der Waals surface area contributed by atoms with E-state index in [0.717, 1.165) is 11.1 Å². The number of hydrogen-bond donors (Lipinski definition) is 1. The van der Waals surface area contributed by atoms with Crippen molar-refractivity contribution in [3.8, 4) is 0 Å². The Bertz CT molecular complexity index is 1210. The third-order valence-electron chi connectivity index (χ3n) is 5.51. The zero-order chi connectivity index (χ0) is 22.2. The summed E-state index contributed by atoms with van der Waals surface area (Å²) in [5.74, 6) is -0.206. The molecule has 3 aromatic rings. The molecule has 0 saturated heterocycles. The lowest BCUT2D eigenvalue weighted by atomic mass is 10.0. The van der Waals surface area contributed by atoms with Crippen LogP contribution in [0.5, 0.6) is 0 Å². The summed E-state index contributed by atoms with van der Waals surface area (Å²) in [5, 5.41) is 3.63. The van der Waals surface area contributed by atoms with Gasteiger partial charge in [0.15, 0.2) is 0 Å². The number of benzene rings is 3. The maximum atomic E-state index is 13.2. The van der Waals surface area contributed by atoms with E-state index in [4.69, 9.17) is 11.6 Å². The number of nitrogens with zero attached hydrogens (tertiary/aromatic N) is 1. The summed E-state index contributed by atoms with van der Waals surface area (Å²) in [5.41, 5.74) is 2.93. The molecule has 0 bridgehead atoms. The van der Waals surface area contributed by atoms with E-state index in [0.29, 0.717) is 22.7 Å². The molecule has 1 aliphatic rings. The molecule has 0 radical (unpaired) electrons. The fourth-order valence-electron chi connectivity index (χ4n) is 3.93. The van der Waals surface area contributed by atoms with Gasteiger partial charge in [0.2, 0.25) is 0 Å². The number of rotatable bonds is 5. The van der Waals surface area contributed by atoms with Gasteiger partial charge in [-0.15, -0.1) is 0 Å². The SMILES string of the molecule is C[C@@H](NC(=O)c1ccc2c(c1)C[C@H](C)N2S(=O)(=O)c1ccccc1)c1ccc(Cl)cc1. The number of nitrogens with one attached hydrogen (secondary N) is 1. The van der Waals surface area contributed by atoms with Crippen LogP contribution in [0.4, 0.5) is 5.69 Å². The minimum absolute atomic E-state index is 0.188. The van der Waals surface area contributed by atoms with Gasteiger partial charge >= 0.3 is 0 Å². The summed E-state index contributed by atoms with van der Waals surface area (Å²) >= 11 is 5.93. The van der Waals surface area contributed by atoms with Crippen LogP contribution in [0.15, 0.2) is 77.7 Å². The second-order valence-electron chi connectivity index (χ2n) is 7.76. The number of anilines is 1. The van der Waals surface area contributed by atoms with Gasteiger partial charge in [-0.25, -0.2) is 8.42 Å². The molecule has 0 spiro atoms. The van der Waals surface area contributed by atoms with Crippen molar-refractivity contribution in [3.63, 3.8) is 0 Å². The second-order valence-corrected chi connectivity index (χ2v) is 10.0. The molecule has 31 heavy (non-hydrogen) atoms. The number of hydrogen-bond acceptors (Lipinski definition) is 3. The highest BCUT2D eigenvalue weighted by Gasteiger charge is 2.36. The molecule has 0 aliphatic carbocycles. The van der Waals surface area contributed by atoms with Crippen LogP contribution in [0, 0.1) is 0 Å². The van der Waals surface area contributed by atoms with E-state index in [-0.39, 0.29) is 22.9 Å². The third-order valence-corrected chi connectivity index (χ3v) is 7.71. The molecule has 2 atom stereocenters. The zero-order valence-corrected chi connectivity index (χ0v) is 18.8. The lowest BCUT2D eigenvalue weighted by Crippen LogP contribution is -2.35. The molecule has 0 fully saturated rings. The Morgan fingerprint density at radius 2 is 1.74 bits per heavy atom. The average molecular weight is 455 g/mol. The topological polar surface area (TPSA) is 66.5 Å². The minimum atomic E-state index is -3.67. The average Bonchev–Trinajstić information content (AvgIpc) is 3.10. The molecular formula is C24H23ClN2O3S. The van der Waals surface area contributed by atoms with Crippen molar-refractivity contribution in [2.75, 3.05) is 4.31 Å². The highest BCUT2D eigenvalue weighted by molar-refractivity contribution is 7.92. The quantitative estimate of drug-likeness (QED) is 0.591. The van der Waals surface area contributed by atoms with Gasteiger partial charge in [-0.1, -0.05) is 41.9 Å². The number of amides is 1. The summed E-state index contributed by atoms with van der Waals surface area (Å²) < 4.78 is 27.8. The fourth-order valence-corrected chi connectivity index (χ4v) is 5.77. The van der Waals surface area contributed by atoms with E-state index < -0.39 is 10.0 Å². The molecule has 5 nitrogen and oxygen atoms in total. The minimum Gasteiger partial charge on any atom is -0.346 e. The van der Waals surface area contributed by atoms with Gasteiger partial charge in [-0.3, -0.25) is 9.10 Å². The van der Waals surface area contributed by atoms with E-state index in [1.807, 2.05) is 26.0 Å². The molecule has 160 valence electrons. The molecule has 1 heterocycles. The predicted molar refractivity (Wildman–Crippen MR) is 123 cm³/mol. The molecule has 4 rings (SSSR count). The molecule has 0 aromatic heterocycles. The van der Waals surface area contributed by atoms with Crippen LogP contribution in [-0.2, 0) is 16.4 Å². The maximum Gasteiger partial charge on any atom is 0.264 e. The molecule has 1 N–H and O–H groups in total. The summed E-state index contributed by atoms with van der Waals surface area (Å²) in [4.78, 5) is 13.1. The Morgan fingerprint density at radius 1 is 1.06 bits per heavy atom. The first-order valence-electron chi connectivity index (χ1n) is 10.1. The Balaban J connectivity index is 1.57. The van der Waals surface area contributed by atoms with Gasteiger partial charge in [-0.2, -0.15) is 0 Å². The largest absolute Gasteiger partial charge is 0.346 e. The van der Waals surface area contributed by atoms with E-state index in [1.165, 1.54) is 4.31 Å². The first-order chi connectivity index (χ1) is 14.8. The monoisotopic (exact) mass is 454 g/mol. The molecular weight excluding hydrogens is 432 g/mol. The van der Waals surface area contributed by atoms with E-state index in [1.54, 1.807) is 60.7 Å². The Labute approximate surface area is 187 Å². The molecule has 0 unspecified atom stereocenters. The van der Waals surface area contributed by atoms with Crippen LogP contribution in [0.2, 0.25) is 5.02 Å². The molecule has 3 aromatic carbocycles. The Kier molecular flexibility index (Phi) is 5.77. The predicted octanol–water partition coefficient (Wildman–Crippen LogP) is 4.97. The molecule has 0 saturated carbocycles. The number of carbonyl (C=O) groups is 1. The van der Waals surface area contributed by atoms with Crippen LogP contribution in [0.1, 0.15) is 41.4 Å². The van der Waals surface area contributed by atoms with Gasteiger partial charge in [-0.05, 0) is 73.9 Å². The number of carbonyl (C=O) groups excluding carboxylic acids is 1. The smallest absolute Gasteiger partial charge is 0.264 e. The van der Waals surface area contributed by atoms with Crippen molar-refractivity contribution in [1.82, 2.24) is 5.32 Å². The first-order valence-corrected chi connectivity index (χ1v) is 11.9. The van der Waals surface area contributed by atoms with Gasteiger partial charge in [0.25, 0.3) is 15.9 Å². The maximum absolute atomic E-state index is 13.2. The van der Waals surface area contributed by atoms with Crippen molar-refractivity contribution < 1.29 is 13.2 Å². The molecule has 7 heteroatoms. The van der Waals surface area contributed by atoms with Crippen molar-refractivity contribution in [2.45, 2.75) is 37.2 Å². The third kappa shape index (κ3) is 4.18. The van der Waals surface area contributed by atoms with E-state index in [2.05, 4.69) is 5.32 Å². The first kappa shape index (κ1) is 21.4. The lowest BCUT2D eigenvalue weighted by Gasteiger charge is -2.24. The van der Waals surface area contributed by atoms with Gasteiger partial charge in [0.05, 0.1) is 16.6 Å². The number of halogens is 1. The van der Waals surface area contributed by atoms with Crippen LogP contribution in [0.25, 0.3) is 0 Å². The molecule has 1 amide bonds. The van der Waals surface area contributed by atoms with Crippen LogP contribution < -0.4 is 9.62 Å². The summed E-state index contributed by atoms with van der Waals surface area (Å²) in [7, 11) is -3.67. The van der Waals surface area contributed by atoms with Crippen molar-refractivity contribution >= 4 is 33.2 Å². The van der Waals surface area contributed by atoms with Crippen molar-refractivity contribution in [3.05, 3.63) is 94.5 Å². The van der Waals surface area contributed by atoms with Crippen LogP contribution in [0.3, 0.4) is 0 Å². The van der Waals surface area contributed by atoms with Gasteiger partial charge in [0, 0.05) is 16.6 Å². The standard InChI is InChI=1S/C24H23ClN2O3S/c1-16-14-20-15-19(24(28)26-17(2)18-8-11-21(25)12-9-18)10-13-23(20)27(16)31(29,30)22-6-4-3-5-7-22/h3-13,15-17H,14H2,1-2H3,(H,26,28)/t16-,17+/m0/s1. The number of sulfonamides is 1. The Morgan fingerprint density at radius 3 is 2.42 bits per heavy atom. The van der Waals surface area contributed by atoms with Gasteiger partial charge in [0.1, 0.15) is 0 Å². The highest BCUT2D eigenvalue weighted by atomic mass is 35.5. The summed E-state index contributed by atoms with van der Waals surface area (Å²) in [6.45, 7) is 3.79. The van der Waals surface area contributed by atoms with Crippen molar-refractivity contribution in [1.29, 1.82) is 0 Å². The fraction of sp³-hybridized carbons (Fsp3) is 0.208. The second kappa shape index (κ2) is 8.36. The normalized spacial score (nSPS) is 16.6. The van der Waals surface area contributed by atoms with E-state index >= 15 is 0 Å². The summed E-state index contributed by atoms with van der Waals surface area (Å²) in [6.07, 6.45) is 0.551. The van der Waals surface area contributed by atoms with E-state index in [9.17, 15) is 13.2 Å². The zero-order valence-electron chi connectivity index (χ0n) is 17.2. The Hall–Kier alpha value is -2.83. The number of fused-ring (bicyclic) bond motifs is 1. The van der Waals surface area contributed by atoms with Gasteiger partial charge < -0.3 is 5.32 Å². The van der Waals surface area contributed by atoms with Crippen LogP contribution in [-0.4, -0.2) is 20.4 Å². The van der Waals surface area contributed by atoms with Crippen molar-refractivity contribution in [2.24, 2.45) is 0 Å². The lowest BCUT2D eigenvalue weighted by molar-refractivity contribution is 0.0940.